The van der Waals surface area contributed by atoms with E-state index in [9.17, 15) is 0 Å². The monoisotopic (exact) mass is 197 g/mol. The Bertz CT molecular complexity index is 284. The van der Waals surface area contributed by atoms with Crippen LogP contribution in [0.15, 0.2) is 5.38 Å². The number of nitrogens with two attached hydrogens (primary N) is 1. The third-order valence-electron chi connectivity index (χ3n) is 2.56. The molecule has 3 nitrogen and oxygen atoms in total. The molecule has 1 saturated heterocycles. The zero-order chi connectivity index (χ0) is 9.26. The van der Waals surface area contributed by atoms with E-state index in [1.54, 1.807) is 11.3 Å². The summed E-state index contributed by atoms with van der Waals surface area (Å²) in [6, 6.07) is 0.624. The van der Waals surface area contributed by atoms with E-state index in [1.807, 2.05) is 5.38 Å². The molecular weight excluding hydrogens is 182 g/mol. The SMILES string of the molecule is CC1CCCCN1c1nc(N)cs1. The first kappa shape index (κ1) is 8.81. The Hall–Kier alpha value is -0.770. The summed E-state index contributed by atoms with van der Waals surface area (Å²) in [5.41, 5.74) is 5.60. The first-order chi connectivity index (χ1) is 6.27. The van der Waals surface area contributed by atoms with Gasteiger partial charge < -0.3 is 10.6 Å². The molecule has 0 aromatic carbocycles. The number of nitrogens with zero attached hydrogens (tertiary/aromatic N) is 2. The third kappa shape index (κ3) is 1.77. The highest BCUT2D eigenvalue weighted by molar-refractivity contribution is 7.14. The number of hydrogen-bond donors (Lipinski definition) is 1. The van der Waals surface area contributed by atoms with Crippen LogP contribution in [0.1, 0.15) is 26.2 Å². The first-order valence-electron chi connectivity index (χ1n) is 4.75. The predicted molar refractivity (Wildman–Crippen MR) is 57.2 cm³/mol. The van der Waals surface area contributed by atoms with Gasteiger partial charge in [0.2, 0.25) is 0 Å². The maximum Gasteiger partial charge on any atom is 0.187 e. The van der Waals surface area contributed by atoms with E-state index in [4.69, 9.17) is 5.73 Å². The zero-order valence-electron chi connectivity index (χ0n) is 7.86. The minimum Gasteiger partial charge on any atom is -0.383 e. The largest absolute Gasteiger partial charge is 0.383 e. The molecule has 0 amide bonds. The van der Waals surface area contributed by atoms with Gasteiger partial charge in [0.1, 0.15) is 5.82 Å². The van der Waals surface area contributed by atoms with Crippen molar-refractivity contribution in [3.63, 3.8) is 0 Å². The van der Waals surface area contributed by atoms with E-state index in [0.29, 0.717) is 11.9 Å². The standard InChI is InChI=1S/C9H15N3S/c1-7-4-2-3-5-12(7)9-11-8(10)6-13-9/h6-7H,2-5,10H2,1H3. The van der Waals surface area contributed by atoms with Crippen LogP contribution in [0, 0.1) is 0 Å². The second-order valence-corrected chi connectivity index (χ2v) is 4.43. The number of nitrogen functional groups attached to an aromatic ring is 1. The molecule has 13 heavy (non-hydrogen) atoms. The van der Waals surface area contributed by atoms with Gasteiger partial charge in [-0.1, -0.05) is 0 Å². The van der Waals surface area contributed by atoms with Crippen LogP contribution in [0.5, 0.6) is 0 Å². The van der Waals surface area contributed by atoms with Crippen LogP contribution in [0.3, 0.4) is 0 Å². The van der Waals surface area contributed by atoms with Crippen molar-refractivity contribution in [2.24, 2.45) is 0 Å². The Balaban J connectivity index is 2.14. The van der Waals surface area contributed by atoms with Gasteiger partial charge >= 0.3 is 0 Å². The van der Waals surface area contributed by atoms with Crippen molar-refractivity contribution in [1.29, 1.82) is 0 Å². The van der Waals surface area contributed by atoms with Crippen molar-refractivity contribution in [1.82, 2.24) is 4.98 Å². The third-order valence-corrected chi connectivity index (χ3v) is 3.45. The minimum absolute atomic E-state index is 0.624. The molecule has 4 heteroatoms. The topological polar surface area (TPSA) is 42.2 Å². The van der Waals surface area contributed by atoms with Crippen LogP contribution >= 0.6 is 11.3 Å². The lowest BCUT2D eigenvalue weighted by Gasteiger charge is -2.32. The van der Waals surface area contributed by atoms with Crippen molar-refractivity contribution >= 4 is 22.3 Å². The highest BCUT2D eigenvalue weighted by Crippen LogP contribution is 2.28. The Morgan fingerprint density at radius 3 is 3.08 bits per heavy atom. The van der Waals surface area contributed by atoms with E-state index in [1.165, 1.54) is 19.3 Å². The summed E-state index contributed by atoms with van der Waals surface area (Å²) >= 11 is 1.65. The van der Waals surface area contributed by atoms with Gasteiger partial charge in [0, 0.05) is 18.0 Å². The first-order valence-corrected chi connectivity index (χ1v) is 5.63. The molecule has 2 heterocycles. The zero-order valence-corrected chi connectivity index (χ0v) is 8.68. The maximum atomic E-state index is 5.60. The Kier molecular flexibility index (Phi) is 2.40. The summed E-state index contributed by atoms with van der Waals surface area (Å²) in [7, 11) is 0. The van der Waals surface area contributed by atoms with Crippen molar-refractivity contribution in [2.45, 2.75) is 32.2 Å². The molecule has 1 aliphatic heterocycles. The molecule has 72 valence electrons. The lowest BCUT2D eigenvalue weighted by molar-refractivity contribution is 0.484. The lowest BCUT2D eigenvalue weighted by atomic mass is 10.1. The summed E-state index contributed by atoms with van der Waals surface area (Å²) < 4.78 is 0. The second-order valence-electron chi connectivity index (χ2n) is 3.59. The number of piperidine rings is 1. The normalized spacial score (nSPS) is 23.5. The van der Waals surface area contributed by atoms with E-state index in [0.717, 1.165) is 11.7 Å². The van der Waals surface area contributed by atoms with Gasteiger partial charge in [0.25, 0.3) is 0 Å². The molecule has 1 unspecified atom stereocenters. The van der Waals surface area contributed by atoms with Gasteiger partial charge in [-0.3, -0.25) is 0 Å². The number of thiazole rings is 1. The Morgan fingerprint density at radius 2 is 2.46 bits per heavy atom. The summed E-state index contributed by atoms with van der Waals surface area (Å²) in [5, 5.41) is 3.00. The van der Waals surface area contributed by atoms with E-state index < -0.39 is 0 Å². The lowest BCUT2D eigenvalue weighted by Crippen LogP contribution is -2.37. The van der Waals surface area contributed by atoms with Crippen LogP contribution in [0.2, 0.25) is 0 Å². The van der Waals surface area contributed by atoms with E-state index >= 15 is 0 Å². The fourth-order valence-corrected chi connectivity index (χ4v) is 2.63. The molecule has 2 N–H and O–H groups in total. The predicted octanol–water partition coefficient (Wildman–Crippen LogP) is 2.10. The van der Waals surface area contributed by atoms with Gasteiger partial charge in [-0.25, -0.2) is 4.98 Å². The van der Waals surface area contributed by atoms with Gasteiger partial charge in [0.05, 0.1) is 0 Å². The summed E-state index contributed by atoms with van der Waals surface area (Å²) in [6.45, 7) is 3.39. The summed E-state index contributed by atoms with van der Waals surface area (Å²) in [5.74, 6) is 0.651. The molecule has 0 bridgehead atoms. The Morgan fingerprint density at radius 1 is 1.62 bits per heavy atom. The van der Waals surface area contributed by atoms with E-state index in [-0.39, 0.29) is 0 Å². The highest BCUT2D eigenvalue weighted by atomic mass is 32.1. The highest BCUT2D eigenvalue weighted by Gasteiger charge is 2.20. The smallest absolute Gasteiger partial charge is 0.187 e. The van der Waals surface area contributed by atoms with Crippen LogP contribution in [0.25, 0.3) is 0 Å². The molecule has 0 saturated carbocycles. The van der Waals surface area contributed by atoms with Crippen LogP contribution < -0.4 is 10.6 Å². The van der Waals surface area contributed by atoms with Crippen LogP contribution in [-0.2, 0) is 0 Å². The van der Waals surface area contributed by atoms with Gasteiger partial charge in [-0.05, 0) is 26.2 Å². The van der Waals surface area contributed by atoms with Gasteiger partial charge in [-0.15, -0.1) is 11.3 Å². The second kappa shape index (κ2) is 3.54. The van der Waals surface area contributed by atoms with Crippen LogP contribution in [-0.4, -0.2) is 17.6 Å². The molecule has 1 atom stereocenters. The van der Waals surface area contributed by atoms with Crippen LogP contribution in [0.4, 0.5) is 10.9 Å². The molecule has 0 aliphatic carbocycles. The van der Waals surface area contributed by atoms with Crippen molar-refractivity contribution in [2.75, 3.05) is 17.2 Å². The number of rotatable bonds is 1. The quantitative estimate of drug-likeness (QED) is 0.749. The molecular formula is C9H15N3S. The summed E-state index contributed by atoms with van der Waals surface area (Å²) in [4.78, 5) is 6.67. The van der Waals surface area contributed by atoms with Crippen molar-refractivity contribution in [3.05, 3.63) is 5.38 Å². The molecule has 1 fully saturated rings. The molecule has 0 spiro atoms. The average Bonchev–Trinajstić information content (AvgIpc) is 2.53. The van der Waals surface area contributed by atoms with Crippen molar-refractivity contribution < 1.29 is 0 Å². The number of hydrogen-bond acceptors (Lipinski definition) is 4. The summed E-state index contributed by atoms with van der Waals surface area (Å²) in [6.07, 6.45) is 3.90. The van der Waals surface area contributed by atoms with Crippen molar-refractivity contribution in [3.8, 4) is 0 Å². The number of aromatic nitrogens is 1. The average molecular weight is 197 g/mol. The molecule has 1 aromatic rings. The molecule has 1 aliphatic rings. The fourth-order valence-electron chi connectivity index (χ4n) is 1.79. The fraction of sp³-hybridized carbons (Fsp3) is 0.667. The van der Waals surface area contributed by atoms with E-state index in [2.05, 4.69) is 16.8 Å². The number of anilines is 2. The minimum atomic E-state index is 0.624. The van der Waals surface area contributed by atoms with Gasteiger partial charge in [0.15, 0.2) is 5.13 Å². The maximum absolute atomic E-state index is 5.60. The molecule has 2 rings (SSSR count). The molecule has 0 radical (unpaired) electrons. The van der Waals surface area contributed by atoms with Gasteiger partial charge in [-0.2, -0.15) is 0 Å². The Labute approximate surface area is 82.6 Å². The molecule has 1 aromatic heterocycles.